The second-order valence-electron chi connectivity index (χ2n) is 5.87. The number of nitrogens with zero attached hydrogens (tertiary/aromatic N) is 1. The molecule has 1 N–H and O–H groups in total. The van der Waals surface area contributed by atoms with Gasteiger partial charge in [-0.05, 0) is 45.9 Å². The Labute approximate surface area is 156 Å². The molecule has 1 aliphatic rings. The van der Waals surface area contributed by atoms with Crippen molar-refractivity contribution >= 4 is 28.5 Å². The van der Waals surface area contributed by atoms with Crippen LogP contribution in [-0.4, -0.2) is 37.1 Å². The summed E-state index contributed by atoms with van der Waals surface area (Å²) in [6.45, 7) is 5.06. The molecule has 0 aliphatic carbocycles. The van der Waals surface area contributed by atoms with Crippen molar-refractivity contribution in [3.8, 4) is 0 Å². The highest BCUT2D eigenvalue weighted by Gasteiger charge is 2.11. The molecule has 1 fully saturated rings. The first-order chi connectivity index (χ1) is 11.7. The van der Waals surface area contributed by atoms with Gasteiger partial charge in [0.2, 0.25) is 0 Å². The second kappa shape index (κ2) is 8.60. The van der Waals surface area contributed by atoms with E-state index in [0.29, 0.717) is 6.54 Å². The highest BCUT2D eigenvalue weighted by Crippen LogP contribution is 2.13. The van der Waals surface area contributed by atoms with Gasteiger partial charge >= 0.3 is 0 Å². The number of rotatable bonds is 5. The maximum Gasteiger partial charge on any atom is 0.252 e. The van der Waals surface area contributed by atoms with Gasteiger partial charge in [0.1, 0.15) is 0 Å². The molecule has 2 aromatic carbocycles. The van der Waals surface area contributed by atoms with Crippen LogP contribution in [0.25, 0.3) is 0 Å². The Morgan fingerprint density at radius 2 is 1.83 bits per heavy atom. The van der Waals surface area contributed by atoms with Crippen LogP contribution >= 0.6 is 22.6 Å². The van der Waals surface area contributed by atoms with Crippen molar-refractivity contribution < 1.29 is 9.53 Å². The van der Waals surface area contributed by atoms with Crippen LogP contribution in [-0.2, 0) is 17.8 Å². The van der Waals surface area contributed by atoms with Crippen LogP contribution in [0.4, 0.5) is 0 Å². The average Bonchev–Trinajstić information content (AvgIpc) is 2.61. The summed E-state index contributed by atoms with van der Waals surface area (Å²) in [6.07, 6.45) is 0. The molecule has 5 heteroatoms. The number of carbonyl (C=O) groups is 1. The summed E-state index contributed by atoms with van der Waals surface area (Å²) in [5, 5.41) is 3.01. The number of halogens is 1. The molecular weight excluding hydrogens is 415 g/mol. The second-order valence-corrected chi connectivity index (χ2v) is 7.03. The Bertz CT molecular complexity index is 699. The van der Waals surface area contributed by atoms with Gasteiger partial charge in [-0.3, -0.25) is 9.69 Å². The molecule has 0 bridgehead atoms. The molecule has 3 rings (SSSR count). The topological polar surface area (TPSA) is 41.6 Å². The molecule has 2 aromatic rings. The van der Waals surface area contributed by atoms with E-state index in [1.807, 2.05) is 24.3 Å². The monoisotopic (exact) mass is 436 g/mol. The Morgan fingerprint density at radius 1 is 1.08 bits per heavy atom. The molecule has 0 spiro atoms. The molecule has 0 atom stereocenters. The standard InChI is InChI=1S/C19H21IN2O2/c20-18-7-2-1-6-17(18)19(23)21-13-15-4-3-5-16(12-15)14-22-8-10-24-11-9-22/h1-7,12H,8-11,13-14H2,(H,21,23). The van der Waals surface area contributed by atoms with Crippen LogP contribution < -0.4 is 5.32 Å². The number of benzene rings is 2. The minimum absolute atomic E-state index is 0.0291. The molecule has 24 heavy (non-hydrogen) atoms. The van der Waals surface area contributed by atoms with Crippen molar-refractivity contribution in [1.29, 1.82) is 0 Å². The van der Waals surface area contributed by atoms with E-state index in [-0.39, 0.29) is 5.91 Å². The number of amides is 1. The van der Waals surface area contributed by atoms with E-state index in [1.54, 1.807) is 0 Å². The van der Waals surface area contributed by atoms with Crippen LogP contribution in [0.5, 0.6) is 0 Å². The first kappa shape index (κ1) is 17.4. The summed E-state index contributed by atoms with van der Waals surface area (Å²) < 4.78 is 6.35. The van der Waals surface area contributed by atoms with Crippen molar-refractivity contribution in [2.24, 2.45) is 0 Å². The first-order valence-corrected chi connectivity index (χ1v) is 9.21. The average molecular weight is 436 g/mol. The minimum atomic E-state index is -0.0291. The Hall–Kier alpha value is -1.44. The van der Waals surface area contributed by atoms with Gasteiger partial charge < -0.3 is 10.1 Å². The molecule has 4 nitrogen and oxygen atoms in total. The lowest BCUT2D eigenvalue weighted by Crippen LogP contribution is -2.35. The lowest BCUT2D eigenvalue weighted by Gasteiger charge is -2.26. The maximum atomic E-state index is 12.3. The highest BCUT2D eigenvalue weighted by atomic mass is 127. The Morgan fingerprint density at radius 3 is 2.62 bits per heavy atom. The lowest BCUT2D eigenvalue weighted by atomic mass is 10.1. The third-order valence-electron chi connectivity index (χ3n) is 4.07. The molecule has 0 radical (unpaired) electrons. The minimum Gasteiger partial charge on any atom is -0.379 e. The molecule has 0 unspecified atom stereocenters. The van der Waals surface area contributed by atoms with Crippen LogP contribution in [0.1, 0.15) is 21.5 Å². The van der Waals surface area contributed by atoms with Gasteiger partial charge in [0.15, 0.2) is 0 Å². The van der Waals surface area contributed by atoms with Crippen molar-refractivity contribution in [2.75, 3.05) is 26.3 Å². The number of carbonyl (C=O) groups excluding carboxylic acids is 1. The first-order valence-electron chi connectivity index (χ1n) is 8.13. The zero-order valence-electron chi connectivity index (χ0n) is 13.5. The van der Waals surface area contributed by atoms with Crippen LogP contribution in [0.15, 0.2) is 48.5 Å². The number of nitrogens with one attached hydrogen (secondary N) is 1. The van der Waals surface area contributed by atoms with Gasteiger partial charge in [0.25, 0.3) is 5.91 Å². The molecule has 1 saturated heterocycles. The van der Waals surface area contributed by atoms with Crippen molar-refractivity contribution in [2.45, 2.75) is 13.1 Å². The smallest absolute Gasteiger partial charge is 0.252 e. The number of morpholine rings is 1. The van der Waals surface area contributed by atoms with E-state index < -0.39 is 0 Å². The van der Waals surface area contributed by atoms with Gasteiger partial charge in [0.05, 0.1) is 18.8 Å². The van der Waals surface area contributed by atoms with E-state index in [0.717, 1.165) is 47.5 Å². The van der Waals surface area contributed by atoms with Gasteiger partial charge in [-0.1, -0.05) is 36.4 Å². The van der Waals surface area contributed by atoms with E-state index in [1.165, 1.54) is 5.56 Å². The van der Waals surface area contributed by atoms with E-state index in [4.69, 9.17) is 4.74 Å². The third kappa shape index (κ3) is 4.78. The van der Waals surface area contributed by atoms with E-state index >= 15 is 0 Å². The zero-order valence-corrected chi connectivity index (χ0v) is 15.7. The fourth-order valence-corrected chi connectivity index (χ4v) is 3.41. The predicted molar refractivity (Wildman–Crippen MR) is 103 cm³/mol. The van der Waals surface area contributed by atoms with Crippen molar-refractivity contribution in [3.05, 3.63) is 68.8 Å². The third-order valence-corrected chi connectivity index (χ3v) is 5.01. The summed E-state index contributed by atoms with van der Waals surface area (Å²) in [6, 6.07) is 16.0. The molecule has 1 heterocycles. The van der Waals surface area contributed by atoms with Crippen LogP contribution in [0, 0.1) is 3.57 Å². The fourth-order valence-electron chi connectivity index (χ4n) is 2.78. The van der Waals surface area contributed by atoms with Crippen molar-refractivity contribution in [1.82, 2.24) is 10.2 Å². The fraction of sp³-hybridized carbons (Fsp3) is 0.316. The largest absolute Gasteiger partial charge is 0.379 e. The molecule has 0 aromatic heterocycles. The highest BCUT2D eigenvalue weighted by molar-refractivity contribution is 14.1. The summed E-state index contributed by atoms with van der Waals surface area (Å²) >= 11 is 2.19. The molecule has 0 saturated carbocycles. The van der Waals surface area contributed by atoms with Crippen LogP contribution in [0.3, 0.4) is 0 Å². The molecule has 1 amide bonds. The Balaban J connectivity index is 1.58. The summed E-state index contributed by atoms with van der Waals surface area (Å²) in [5.41, 5.74) is 3.13. The number of hydrogen-bond donors (Lipinski definition) is 1. The number of hydrogen-bond acceptors (Lipinski definition) is 3. The molecular formula is C19H21IN2O2. The molecule has 126 valence electrons. The zero-order chi connectivity index (χ0) is 16.8. The predicted octanol–water partition coefficient (Wildman–Crippen LogP) is 3.05. The van der Waals surface area contributed by atoms with Gasteiger partial charge in [-0.2, -0.15) is 0 Å². The van der Waals surface area contributed by atoms with Crippen LogP contribution in [0.2, 0.25) is 0 Å². The van der Waals surface area contributed by atoms with Gasteiger partial charge in [-0.15, -0.1) is 0 Å². The molecule has 1 aliphatic heterocycles. The summed E-state index contributed by atoms with van der Waals surface area (Å²) in [5.74, 6) is -0.0291. The number of ether oxygens (including phenoxy) is 1. The maximum absolute atomic E-state index is 12.3. The van der Waals surface area contributed by atoms with Gasteiger partial charge in [-0.25, -0.2) is 0 Å². The van der Waals surface area contributed by atoms with Crippen molar-refractivity contribution in [3.63, 3.8) is 0 Å². The van der Waals surface area contributed by atoms with Gasteiger partial charge in [0, 0.05) is 29.7 Å². The quantitative estimate of drug-likeness (QED) is 0.733. The van der Waals surface area contributed by atoms with E-state index in [2.05, 4.69) is 57.1 Å². The summed E-state index contributed by atoms with van der Waals surface area (Å²) in [7, 11) is 0. The van der Waals surface area contributed by atoms with E-state index in [9.17, 15) is 4.79 Å². The normalized spacial score (nSPS) is 15.2. The summed E-state index contributed by atoms with van der Waals surface area (Å²) in [4.78, 5) is 14.7. The lowest BCUT2D eigenvalue weighted by molar-refractivity contribution is 0.0342. The Kier molecular flexibility index (Phi) is 6.23. The SMILES string of the molecule is O=C(NCc1cccc(CN2CCOCC2)c1)c1ccccc1I.